The SMILES string of the molecule is C/C=C/C1=CCC2(CC1)OCCO2. The number of hydrogen-bond acceptors (Lipinski definition) is 2. The Kier molecular flexibility index (Phi) is 2.51. The molecule has 2 heteroatoms. The minimum absolute atomic E-state index is 0.259. The first-order chi connectivity index (χ1) is 6.35. The van der Waals surface area contributed by atoms with Crippen LogP contribution in [0.2, 0.25) is 0 Å². The molecule has 1 saturated heterocycles. The molecule has 0 aromatic carbocycles. The van der Waals surface area contributed by atoms with E-state index in [0.29, 0.717) is 0 Å². The van der Waals surface area contributed by atoms with Gasteiger partial charge in [-0.1, -0.05) is 23.8 Å². The largest absolute Gasteiger partial charge is 0.347 e. The fourth-order valence-electron chi connectivity index (χ4n) is 1.95. The maximum atomic E-state index is 5.62. The minimum Gasteiger partial charge on any atom is -0.347 e. The summed E-state index contributed by atoms with van der Waals surface area (Å²) < 4.78 is 11.2. The molecule has 0 saturated carbocycles. The standard InChI is InChI=1S/C11H16O2/c1-2-3-10-4-6-11(7-5-10)12-8-9-13-11/h2-4H,5-9H2,1H3/b3-2+. The molecule has 0 bridgehead atoms. The van der Waals surface area contributed by atoms with Gasteiger partial charge in [0.1, 0.15) is 0 Å². The van der Waals surface area contributed by atoms with Crippen molar-refractivity contribution in [2.24, 2.45) is 0 Å². The number of hydrogen-bond donors (Lipinski definition) is 0. The van der Waals surface area contributed by atoms with Crippen LogP contribution in [0.15, 0.2) is 23.8 Å². The van der Waals surface area contributed by atoms with E-state index in [1.807, 2.05) is 6.92 Å². The lowest BCUT2D eigenvalue weighted by Gasteiger charge is -2.29. The van der Waals surface area contributed by atoms with E-state index in [1.165, 1.54) is 5.57 Å². The molecule has 1 aliphatic carbocycles. The van der Waals surface area contributed by atoms with Crippen molar-refractivity contribution in [2.75, 3.05) is 13.2 Å². The predicted molar refractivity (Wildman–Crippen MR) is 51.4 cm³/mol. The van der Waals surface area contributed by atoms with Crippen molar-refractivity contribution in [1.29, 1.82) is 0 Å². The Hall–Kier alpha value is -0.600. The normalized spacial score (nSPS) is 27.0. The summed E-state index contributed by atoms with van der Waals surface area (Å²) in [5, 5.41) is 0. The Labute approximate surface area is 79.2 Å². The molecule has 13 heavy (non-hydrogen) atoms. The van der Waals surface area contributed by atoms with Crippen LogP contribution < -0.4 is 0 Å². The zero-order chi connectivity index (χ0) is 9.15. The molecule has 1 fully saturated rings. The summed E-state index contributed by atoms with van der Waals surface area (Å²) in [5.74, 6) is -0.259. The Morgan fingerprint density at radius 3 is 2.69 bits per heavy atom. The van der Waals surface area contributed by atoms with Crippen LogP contribution in [0.1, 0.15) is 26.2 Å². The van der Waals surface area contributed by atoms with E-state index >= 15 is 0 Å². The van der Waals surface area contributed by atoms with Crippen molar-refractivity contribution >= 4 is 0 Å². The molecule has 2 aliphatic rings. The molecule has 0 radical (unpaired) electrons. The van der Waals surface area contributed by atoms with Crippen LogP contribution in [-0.2, 0) is 9.47 Å². The second-order valence-corrected chi connectivity index (χ2v) is 3.59. The van der Waals surface area contributed by atoms with Crippen LogP contribution >= 0.6 is 0 Å². The highest BCUT2D eigenvalue weighted by atomic mass is 16.7. The van der Waals surface area contributed by atoms with Gasteiger partial charge in [-0.2, -0.15) is 0 Å². The van der Waals surface area contributed by atoms with Crippen LogP contribution in [-0.4, -0.2) is 19.0 Å². The van der Waals surface area contributed by atoms with E-state index in [1.54, 1.807) is 0 Å². The lowest BCUT2D eigenvalue weighted by molar-refractivity contribution is -0.161. The summed E-state index contributed by atoms with van der Waals surface area (Å²) in [6.45, 7) is 3.56. The third-order valence-electron chi connectivity index (χ3n) is 2.66. The maximum absolute atomic E-state index is 5.62. The van der Waals surface area contributed by atoms with Crippen molar-refractivity contribution < 1.29 is 9.47 Å². The summed E-state index contributed by atoms with van der Waals surface area (Å²) in [5.41, 5.74) is 1.41. The Balaban J connectivity index is 2.01. The van der Waals surface area contributed by atoms with Gasteiger partial charge in [0.05, 0.1) is 13.2 Å². The zero-order valence-corrected chi connectivity index (χ0v) is 8.08. The Morgan fingerprint density at radius 2 is 2.15 bits per heavy atom. The van der Waals surface area contributed by atoms with Gasteiger partial charge in [-0.05, 0) is 13.3 Å². The van der Waals surface area contributed by atoms with Gasteiger partial charge in [0.15, 0.2) is 5.79 Å². The molecule has 72 valence electrons. The van der Waals surface area contributed by atoms with E-state index in [2.05, 4.69) is 18.2 Å². The molecule has 0 aromatic heterocycles. The second-order valence-electron chi connectivity index (χ2n) is 3.59. The van der Waals surface area contributed by atoms with Gasteiger partial charge >= 0.3 is 0 Å². The van der Waals surface area contributed by atoms with Gasteiger partial charge in [0, 0.05) is 12.8 Å². The van der Waals surface area contributed by atoms with E-state index in [-0.39, 0.29) is 5.79 Å². The highest BCUT2D eigenvalue weighted by Crippen LogP contribution is 2.35. The Bertz CT molecular complexity index is 234. The number of rotatable bonds is 1. The molecular formula is C11H16O2. The monoisotopic (exact) mass is 180 g/mol. The molecule has 0 amide bonds. The predicted octanol–water partition coefficient (Wildman–Crippen LogP) is 2.42. The molecule has 1 heterocycles. The third kappa shape index (κ3) is 1.84. The van der Waals surface area contributed by atoms with Gasteiger partial charge < -0.3 is 9.47 Å². The molecule has 0 unspecified atom stereocenters. The molecule has 0 atom stereocenters. The highest BCUT2D eigenvalue weighted by molar-refractivity contribution is 5.21. The lowest BCUT2D eigenvalue weighted by Crippen LogP contribution is -2.31. The average molecular weight is 180 g/mol. The van der Waals surface area contributed by atoms with Crippen LogP contribution in [0.5, 0.6) is 0 Å². The van der Waals surface area contributed by atoms with Crippen molar-refractivity contribution in [1.82, 2.24) is 0 Å². The number of ether oxygens (including phenoxy) is 2. The quantitative estimate of drug-likeness (QED) is 0.617. The Morgan fingerprint density at radius 1 is 1.38 bits per heavy atom. The molecule has 2 rings (SSSR count). The molecule has 0 aromatic rings. The fourth-order valence-corrected chi connectivity index (χ4v) is 1.95. The fraction of sp³-hybridized carbons (Fsp3) is 0.636. The van der Waals surface area contributed by atoms with Gasteiger partial charge in [-0.15, -0.1) is 0 Å². The summed E-state index contributed by atoms with van der Waals surface area (Å²) in [6.07, 6.45) is 9.47. The van der Waals surface area contributed by atoms with Gasteiger partial charge in [-0.25, -0.2) is 0 Å². The topological polar surface area (TPSA) is 18.5 Å². The summed E-state index contributed by atoms with van der Waals surface area (Å²) >= 11 is 0. The van der Waals surface area contributed by atoms with Crippen LogP contribution in [0.4, 0.5) is 0 Å². The molecule has 1 spiro atoms. The van der Waals surface area contributed by atoms with Gasteiger partial charge in [0.25, 0.3) is 0 Å². The van der Waals surface area contributed by atoms with Crippen LogP contribution in [0.3, 0.4) is 0 Å². The lowest BCUT2D eigenvalue weighted by atomic mass is 9.94. The minimum atomic E-state index is -0.259. The van der Waals surface area contributed by atoms with Crippen LogP contribution in [0, 0.1) is 0 Å². The second kappa shape index (κ2) is 3.64. The van der Waals surface area contributed by atoms with E-state index in [4.69, 9.17) is 9.47 Å². The maximum Gasteiger partial charge on any atom is 0.172 e. The first kappa shape index (κ1) is 8.97. The first-order valence-electron chi connectivity index (χ1n) is 4.94. The third-order valence-corrected chi connectivity index (χ3v) is 2.66. The summed E-state index contributed by atoms with van der Waals surface area (Å²) in [6, 6.07) is 0. The van der Waals surface area contributed by atoms with Gasteiger partial charge in [-0.3, -0.25) is 0 Å². The van der Waals surface area contributed by atoms with Gasteiger partial charge in [0.2, 0.25) is 0 Å². The average Bonchev–Trinajstić information content (AvgIpc) is 2.59. The molecule has 2 nitrogen and oxygen atoms in total. The zero-order valence-electron chi connectivity index (χ0n) is 8.08. The highest BCUT2D eigenvalue weighted by Gasteiger charge is 2.36. The van der Waals surface area contributed by atoms with E-state index < -0.39 is 0 Å². The van der Waals surface area contributed by atoms with Crippen molar-refractivity contribution in [2.45, 2.75) is 32.0 Å². The smallest absolute Gasteiger partial charge is 0.172 e. The molecule has 1 aliphatic heterocycles. The molecular weight excluding hydrogens is 164 g/mol. The van der Waals surface area contributed by atoms with Crippen molar-refractivity contribution in [3.05, 3.63) is 23.8 Å². The summed E-state index contributed by atoms with van der Waals surface area (Å²) in [4.78, 5) is 0. The van der Waals surface area contributed by atoms with E-state index in [9.17, 15) is 0 Å². The first-order valence-corrected chi connectivity index (χ1v) is 4.94. The van der Waals surface area contributed by atoms with Crippen molar-refractivity contribution in [3.8, 4) is 0 Å². The van der Waals surface area contributed by atoms with Crippen molar-refractivity contribution in [3.63, 3.8) is 0 Å². The number of allylic oxidation sites excluding steroid dienone is 3. The molecule has 0 N–H and O–H groups in total. The summed E-state index contributed by atoms with van der Waals surface area (Å²) in [7, 11) is 0. The van der Waals surface area contributed by atoms with Crippen LogP contribution in [0.25, 0.3) is 0 Å². The van der Waals surface area contributed by atoms with E-state index in [0.717, 1.165) is 32.5 Å².